The number of fused-ring (bicyclic) bond motifs is 1. The Balaban J connectivity index is 1.55. The van der Waals surface area contributed by atoms with Crippen LogP contribution in [0.3, 0.4) is 0 Å². The van der Waals surface area contributed by atoms with Crippen LogP contribution in [0.4, 0.5) is 17.5 Å². The first-order chi connectivity index (χ1) is 13.7. The van der Waals surface area contributed by atoms with Crippen LogP contribution in [0.25, 0.3) is 10.9 Å². The molecule has 0 aliphatic heterocycles. The van der Waals surface area contributed by atoms with Gasteiger partial charge in [0, 0.05) is 24.6 Å². The molecular formula is C23H23N5. The number of pyridine rings is 1. The number of nitrogens with zero attached hydrogens (tertiary/aromatic N) is 3. The summed E-state index contributed by atoms with van der Waals surface area (Å²) in [6.07, 6.45) is 4.60. The first kappa shape index (κ1) is 17.9. The van der Waals surface area contributed by atoms with E-state index in [9.17, 15) is 0 Å². The fraction of sp³-hybridized carbons (Fsp3) is 0.174. The monoisotopic (exact) mass is 369 g/mol. The van der Waals surface area contributed by atoms with Crippen LogP contribution >= 0.6 is 0 Å². The van der Waals surface area contributed by atoms with Crippen LogP contribution in [-0.4, -0.2) is 15.0 Å². The van der Waals surface area contributed by atoms with Gasteiger partial charge in [0.25, 0.3) is 0 Å². The minimum absolute atomic E-state index is 0.617. The lowest BCUT2D eigenvalue weighted by Gasteiger charge is -2.11. The number of nitrogens with one attached hydrogen (secondary N) is 2. The predicted molar refractivity (Wildman–Crippen MR) is 115 cm³/mol. The zero-order chi connectivity index (χ0) is 19.3. The van der Waals surface area contributed by atoms with Gasteiger partial charge >= 0.3 is 0 Å². The Morgan fingerprint density at radius 1 is 0.893 bits per heavy atom. The molecule has 28 heavy (non-hydrogen) atoms. The molecule has 0 amide bonds. The summed E-state index contributed by atoms with van der Waals surface area (Å²) in [6, 6.07) is 18.6. The van der Waals surface area contributed by atoms with E-state index in [4.69, 9.17) is 0 Å². The molecule has 2 aromatic carbocycles. The smallest absolute Gasteiger partial charge is 0.223 e. The van der Waals surface area contributed by atoms with Crippen molar-refractivity contribution in [2.75, 3.05) is 10.6 Å². The lowest BCUT2D eigenvalue weighted by atomic mass is 10.1. The van der Waals surface area contributed by atoms with Crippen molar-refractivity contribution < 1.29 is 0 Å². The van der Waals surface area contributed by atoms with Crippen LogP contribution < -0.4 is 10.6 Å². The van der Waals surface area contributed by atoms with E-state index in [1.54, 1.807) is 6.20 Å². The van der Waals surface area contributed by atoms with Crippen LogP contribution in [0.5, 0.6) is 0 Å². The van der Waals surface area contributed by atoms with Crippen molar-refractivity contribution in [3.05, 3.63) is 83.7 Å². The third-order valence-electron chi connectivity index (χ3n) is 4.76. The molecule has 0 atom stereocenters. The maximum absolute atomic E-state index is 4.66. The van der Waals surface area contributed by atoms with Gasteiger partial charge in [-0.2, -0.15) is 0 Å². The van der Waals surface area contributed by atoms with E-state index in [2.05, 4.69) is 75.8 Å². The molecule has 0 saturated heterocycles. The molecule has 4 rings (SSSR count). The third kappa shape index (κ3) is 3.93. The minimum Gasteiger partial charge on any atom is -0.350 e. The number of hydrogen-bond donors (Lipinski definition) is 2. The quantitative estimate of drug-likeness (QED) is 0.486. The van der Waals surface area contributed by atoms with Crippen molar-refractivity contribution in [2.45, 2.75) is 26.8 Å². The van der Waals surface area contributed by atoms with Crippen molar-refractivity contribution in [1.29, 1.82) is 0 Å². The Bertz CT molecular complexity index is 1090. The molecule has 0 saturated carbocycles. The summed E-state index contributed by atoms with van der Waals surface area (Å²) in [5.41, 5.74) is 5.67. The zero-order valence-corrected chi connectivity index (χ0v) is 16.1. The van der Waals surface area contributed by atoms with Gasteiger partial charge in [0.15, 0.2) is 0 Å². The summed E-state index contributed by atoms with van der Waals surface area (Å²) in [5.74, 6) is 1.37. The van der Waals surface area contributed by atoms with Crippen molar-refractivity contribution >= 4 is 28.4 Å². The molecule has 0 radical (unpaired) electrons. The van der Waals surface area contributed by atoms with Gasteiger partial charge in [-0.25, -0.2) is 15.0 Å². The Labute approximate surface area is 164 Å². The zero-order valence-electron chi connectivity index (χ0n) is 16.1. The number of benzene rings is 2. The molecule has 0 aliphatic rings. The van der Waals surface area contributed by atoms with Gasteiger partial charge in [0.1, 0.15) is 5.82 Å². The number of aromatic nitrogens is 3. The molecule has 4 aromatic rings. The molecule has 0 unspecified atom stereocenters. The van der Waals surface area contributed by atoms with Gasteiger partial charge in [0.2, 0.25) is 5.95 Å². The summed E-state index contributed by atoms with van der Waals surface area (Å²) < 4.78 is 0. The number of rotatable bonds is 6. The van der Waals surface area contributed by atoms with E-state index >= 15 is 0 Å². The van der Waals surface area contributed by atoms with Gasteiger partial charge < -0.3 is 10.6 Å². The van der Waals surface area contributed by atoms with Crippen LogP contribution in [-0.2, 0) is 13.0 Å². The molecule has 140 valence electrons. The van der Waals surface area contributed by atoms with Gasteiger partial charge in [-0.05, 0) is 42.7 Å². The van der Waals surface area contributed by atoms with Crippen LogP contribution in [0, 0.1) is 6.92 Å². The second-order valence-corrected chi connectivity index (χ2v) is 6.75. The van der Waals surface area contributed by atoms with Gasteiger partial charge in [-0.15, -0.1) is 0 Å². The highest BCUT2D eigenvalue weighted by molar-refractivity contribution is 5.90. The number of hydrogen-bond acceptors (Lipinski definition) is 5. The summed E-state index contributed by atoms with van der Waals surface area (Å²) in [7, 11) is 0. The molecule has 2 N–H and O–H groups in total. The molecule has 0 aliphatic carbocycles. The van der Waals surface area contributed by atoms with E-state index in [0.29, 0.717) is 12.5 Å². The van der Waals surface area contributed by atoms with E-state index in [1.807, 2.05) is 24.4 Å². The largest absolute Gasteiger partial charge is 0.350 e. The lowest BCUT2D eigenvalue weighted by molar-refractivity contribution is 1.02. The highest BCUT2D eigenvalue weighted by atomic mass is 15.1. The molecule has 2 heterocycles. The van der Waals surface area contributed by atoms with Crippen LogP contribution in [0.15, 0.2) is 67.0 Å². The number of anilines is 3. The Hall–Kier alpha value is -3.47. The first-order valence-corrected chi connectivity index (χ1v) is 9.49. The highest BCUT2D eigenvalue weighted by Gasteiger charge is 2.07. The van der Waals surface area contributed by atoms with Crippen molar-refractivity contribution in [3.63, 3.8) is 0 Å². The summed E-state index contributed by atoms with van der Waals surface area (Å²) in [4.78, 5) is 13.6. The Morgan fingerprint density at radius 3 is 2.46 bits per heavy atom. The average molecular weight is 369 g/mol. The van der Waals surface area contributed by atoms with E-state index in [1.165, 1.54) is 16.7 Å². The highest BCUT2D eigenvalue weighted by Crippen LogP contribution is 2.23. The Morgan fingerprint density at radius 2 is 1.68 bits per heavy atom. The van der Waals surface area contributed by atoms with Gasteiger partial charge in [-0.1, -0.05) is 48.9 Å². The molecule has 5 heteroatoms. The molecular weight excluding hydrogens is 346 g/mol. The molecule has 0 bridgehead atoms. The maximum Gasteiger partial charge on any atom is 0.223 e. The molecule has 2 aromatic heterocycles. The minimum atomic E-state index is 0.617. The predicted octanol–water partition coefficient (Wildman–Crippen LogP) is 5.25. The van der Waals surface area contributed by atoms with Crippen LogP contribution in [0.1, 0.15) is 23.6 Å². The summed E-state index contributed by atoms with van der Waals surface area (Å²) in [6.45, 7) is 4.94. The fourth-order valence-electron chi connectivity index (χ4n) is 3.16. The third-order valence-corrected chi connectivity index (χ3v) is 4.76. The first-order valence-electron chi connectivity index (χ1n) is 9.49. The average Bonchev–Trinajstić information content (AvgIpc) is 2.74. The molecule has 0 fully saturated rings. The topological polar surface area (TPSA) is 62.7 Å². The molecule has 5 nitrogen and oxygen atoms in total. The normalized spacial score (nSPS) is 10.8. The van der Waals surface area contributed by atoms with Crippen molar-refractivity contribution in [3.8, 4) is 0 Å². The summed E-state index contributed by atoms with van der Waals surface area (Å²) >= 11 is 0. The second-order valence-electron chi connectivity index (χ2n) is 6.75. The van der Waals surface area contributed by atoms with Gasteiger partial charge in [0.05, 0.1) is 10.9 Å². The maximum atomic E-state index is 4.66. The van der Waals surface area contributed by atoms with Crippen molar-refractivity contribution in [1.82, 2.24) is 15.0 Å². The van der Waals surface area contributed by atoms with E-state index in [0.717, 1.165) is 28.8 Å². The van der Waals surface area contributed by atoms with Crippen molar-refractivity contribution in [2.24, 2.45) is 0 Å². The fourth-order valence-corrected chi connectivity index (χ4v) is 3.16. The van der Waals surface area contributed by atoms with Gasteiger partial charge in [-0.3, -0.25) is 0 Å². The number of aryl methyl sites for hydroxylation is 2. The lowest BCUT2D eigenvalue weighted by Crippen LogP contribution is -2.06. The standard InChI is InChI=1S/C23H23N5/c1-3-17-6-4-5-7-18(17)14-25-23-26-15-20-21(28-23)12-13-24-22(20)27-19-10-8-16(2)9-11-19/h4-13,15H,3,14H2,1-2H3,(H,24,27)(H,25,26,28). The van der Waals surface area contributed by atoms with E-state index < -0.39 is 0 Å². The molecule has 0 spiro atoms. The second kappa shape index (κ2) is 8.05. The summed E-state index contributed by atoms with van der Waals surface area (Å²) in [5, 5.41) is 7.59. The van der Waals surface area contributed by atoms with E-state index in [-0.39, 0.29) is 0 Å². The Kier molecular flexibility index (Phi) is 5.15. The van der Waals surface area contributed by atoms with Crippen LogP contribution in [0.2, 0.25) is 0 Å². The SMILES string of the molecule is CCc1ccccc1CNc1ncc2c(Nc3ccc(C)cc3)nccc2n1.